The molecular weight excluding hydrogens is 402 g/mol. The van der Waals surface area contributed by atoms with Crippen LogP contribution in [0.1, 0.15) is 26.4 Å². The van der Waals surface area contributed by atoms with Gasteiger partial charge in [-0.05, 0) is 23.1 Å². The molecule has 0 bridgehead atoms. The van der Waals surface area contributed by atoms with Crippen LogP contribution in [0.5, 0.6) is 5.75 Å². The Labute approximate surface area is 177 Å². The first-order chi connectivity index (χ1) is 14.9. The lowest BCUT2D eigenvalue weighted by atomic mass is 10.1. The maximum absolute atomic E-state index is 12.7. The lowest BCUT2D eigenvalue weighted by Crippen LogP contribution is -2.53. The third kappa shape index (κ3) is 3.73. The number of H-pyrrole nitrogens is 1. The minimum absolute atomic E-state index is 0.177. The van der Waals surface area contributed by atoms with E-state index in [2.05, 4.69) is 10.3 Å². The average Bonchev–Trinajstić information content (AvgIpc) is 3.23. The number of fused-ring (bicyclic) bond motifs is 2. The number of carbonyl (C=O) groups excluding carboxylic acids is 2. The molecule has 2 amide bonds. The van der Waals surface area contributed by atoms with E-state index in [4.69, 9.17) is 4.74 Å². The maximum Gasteiger partial charge on any atom is 0.277 e. The Morgan fingerprint density at radius 2 is 2.10 bits per heavy atom. The molecule has 0 unspecified atom stereocenters. The number of aromatic amines is 1. The van der Waals surface area contributed by atoms with Crippen molar-refractivity contribution in [1.82, 2.24) is 19.9 Å². The van der Waals surface area contributed by atoms with Crippen LogP contribution in [0, 0.1) is 0 Å². The molecule has 10 heteroatoms. The number of aromatic hydroxyl groups is 1. The van der Waals surface area contributed by atoms with Crippen LogP contribution in [0.3, 0.4) is 0 Å². The van der Waals surface area contributed by atoms with Crippen LogP contribution in [0.2, 0.25) is 0 Å². The quantitative estimate of drug-likeness (QED) is 0.532. The lowest BCUT2D eigenvalue weighted by Gasteiger charge is -2.37. The van der Waals surface area contributed by atoms with Crippen LogP contribution in [0.4, 0.5) is 0 Å². The molecule has 0 aliphatic carbocycles. The number of rotatable bonds is 6. The molecule has 1 aromatic carbocycles. The molecule has 0 radical (unpaired) electrons. The van der Waals surface area contributed by atoms with Gasteiger partial charge in [-0.3, -0.25) is 24.1 Å². The molecular formula is C21H23N5O5. The molecule has 3 aromatic rings. The molecule has 31 heavy (non-hydrogen) atoms. The predicted molar refractivity (Wildman–Crippen MR) is 114 cm³/mol. The molecule has 3 N–H and O–H groups in total. The summed E-state index contributed by atoms with van der Waals surface area (Å²) in [5.41, 5.74) is 0.484. The fraction of sp³-hybridized carbons (Fsp3) is 0.286. The number of nitrogens with one attached hydrogen (secondary N) is 2. The molecule has 0 atom stereocenters. The Kier molecular flexibility index (Phi) is 5.38. The SMILES string of the molecule is COCCN1CN(C)n2cc(C(=O)NCc3ccc4cc[nH]c4c3)c(=O)c(O)c2C1=O. The molecule has 1 aliphatic rings. The van der Waals surface area contributed by atoms with Gasteiger partial charge in [-0.2, -0.15) is 0 Å². The maximum atomic E-state index is 12.7. The van der Waals surface area contributed by atoms with Gasteiger partial charge >= 0.3 is 0 Å². The summed E-state index contributed by atoms with van der Waals surface area (Å²) < 4.78 is 6.34. The summed E-state index contributed by atoms with van der Waals surface area (Å²) in [5, 5.41) is 15.8. The number of hydrogen-bond donors (Lipinski definition) is 3. The van der Waals surface area contributed by atoms with E-state index < -0.39 is 23.0 Å². The summed E-state index contributed by atoms with van der Waals surface area (Å²) in [6, 6.07) is 7.67. The van der Waals surface area contributed by atoms with E-state index in [9.17, 15) is 19.5 Å². The highest BCUT2D eigenvalue weighted by molar-refractivity contribution is 5.99. The molecule has 3 heterocycles. The number of benzene rings is 1. The summed E-state index contributed by atoms with van der Waals surface area (Å²) in [6.45, 7) is 1.05. The van der Waals surface area contributed by atoms with Gasteiger partial charge in [0, 0.05) is 45.2 Å². The summed E-state index contributed by atoms with van der Waals surface area (Å²) in [5.74, 6) is -1.89. The van der Waals surface area contributed by atoms with Crippen LogP contribution in [-0.4, -0.2) is 65.5 Å². The second-order valence-electron chi connectivity index (χ2n) is 7.36. The number of carbonyl (C=O) groups is 2. The van der Waals surface area contributed by atoms with Crippen molar-refractivity contribution in [3.8, 4) is 5.75 Å². The Balaban J connectivity index is 1.58. The third-order valence-electron chi connectivity index (χ3n) is 5.28. The number of nitrogens with zero attached hydrogens (tertiary/aromatic N) is 3. The molecule has 2 aromatic heterocycles. The lowest BCUT2D eigenvalue weighted by molar-refractivity contribution is 0.0629. The zero-order valence-electron chi connectivity index (χ0n) is 17.2. The van der Waals surface area contributed by atoms with Gasteiger partial charge in [-0.1, -0.05) is 12.1 Å². The Morgan fingerprint density at radius 3 is 2.87 bits per heavy atom. The molecule has 0 saturated carbocycles. The van der Waals surface area contributed by atoms with Crippen molar-refractivity contribution in [3.05, 3.63) is 63.7 Å². The van der Waals surface area contributed by atoms with Crippen molar-refractivity contribution in [2.75, 3.05) is 39.0 Å². The van der Waals surface area contributed by atoms with Gasteiger partial charge in [0.2, 0.25) is 5.43 Å². The van der Waals surface area contributed by atoms with Gasteiger partial charge in [0.1, 0.15) is 12.2 Å². The van der Waals surface area contributed by atoms with Crippen molar-refractivity contribution in [2.45, 2.75) is 6.54 Å². The van der Waals surface area contributed by atoms with Gasteiger partial charge in [0.25, 0.3) is 11.8 Å². The Bertz CT molecular complexity index is 1210. The number of methoxy groups -OCH3 is 1. The van der Waals surface area contributed by atoms with Crippen molar-refractivity contribution < 1.29 is 19.4 Å². The Hall–Kier alpha value is -3.79. The summed E-state index contributed by atoms with van der Waals surface area (Å²) in [6.07, 6.45) is 3.12. The highest BCUT2D eigenvalue weighted by Gasteiger charge is 2.32. The van der Waals surface area contributed by atoms with E-state index in [1.807, 2.05) is 30.5 Å². The molecule has 0 spiro atoms. The minimum Gasteiger partial charge on any atom is -0.502 e. The van der Waals surface area contributed by atoms with E-state index in [0.29, 0.717) is 13.2 Å². The first-order valence-corrected chi connectivity index (χ1v) is 9.73. The molecule has 0 saturated heterocycles. The zero-order valence-corrected chi connectivity index (χ0v) is 17.2. The molecule has 10 nitrogen and oxygen atoms in total. The van der Waals surface area contributed by atoms with E-state index >= 15 is 0 Å². The smallest absolute Gasteiger partial charge is 0.277 e. The van der Waals surface area contributed by atoms with Crippen LogP contribution in [0.25, 0.3) is 10.9 Å². The number of hydrogen-bond acceptors (Lipinski definition) is 6. The van der Waals surface area contributed by atoms with Gasteiger partial charge in [0.15, 0.2) is 11.4 Å². The third-order valence-corrected chi connectivity index (χ3v) is 5.28. The highest BCUT2D eigenvalue weighted by Crippen LogP contribution is 2.20. The average molecular weight is 425 g/mol. The normalized spacial score (nSPS) is 13.5. The van der Waals surface area contributed by atoms with E-state index in [1.54, 1.807) is 12.1 Å². The highest BCUT2D eigenvalue weighted by atomic mass is 16.5. The molecule has 162 valence electrons. The Morgan fingerprint density at radius 1 is 1.29 bits per heavy atom. The first-order valence-electron chi connectivity index (χ1n) is 9.73. The fourth-order valence-corrected chi connectivity index (χ4v) is 3.60. The van der Waals surface area contributed by atoms with Crippen LogP contribution < -0.4 is 15.8 Å². The van der Waals surface area contributed by atoms with Gasteiger partial charge in [-0.25, -0.2) is 0 Å². The molecule has 4 rings (SSSR count). The first kappa shape index (κ1) is 20.5. The predicted octanol–water partition coefficient (Wildman–Crippen LogP) is 0.593. The largest absolute Gasteiger partial charge is 0.502 e. The number of aromatic nitrogens is 2. The van der Waals surface area contributed by atoms with E-state index in [-0.39, 0.29) is 24.5 Å². The van der Waals surface area contributed by atoms with Crippen molar-refractivity contribution in [3.63, 3.8) is 0 Å². The number of amides is 2. The second kappa shape index (κ2) is 8.15. The van der Waals surface area contributed by atoms with Gasteiger partial charge in [0.05, 0.1) is 6.61 Å². The zero-order chi connectivity index (χ0) is 22.1. The number of pyridine rings is 1. The summed E-state index contributed by atoms with van der Waals surface area (Å²) in [4.78, 5) is 42.7. The van der Waals surface area contributed by atoms with Gasteiger partial charge < -0.3 is 25.0 Å². The fourth-order valence-electron chi connectivity index (χ4n) is 3.60. The van der Waals surface area contributed by atoms with E-state index in [0.717, 1.165) is 16.5 Å². The van der Waals surface area contributed by atoms with Gasteiger partial charge in [-0.15, -0.1) is 0 Å². The van der Waals surface area contributed by atoms with Crippen LogP contribution in [0.15, 0.2) is 41.5 Å². The molecule has 0 fully saturated rings. The van der Waals surface area contributed by atoms with Crippen molar-refractivity contribution >= 4 is 22.7 Å². The van der Waals surface area contributed by atoms with Crippen molar-refractivity contribution in [2.24, 2.45) is 0 Å². The standard InChI is InChI=1S/C21H23N5O5/c1-24-12-25(7-8-31-2)21(30)17-19(28)18(27)15(11-26(17)24)20(29)23-10-13-3-4-14-5-6-22-16(14)9-13/h3-6,9,11,22,28H,7-8,10,12H2,1-2H3,(H,23,29). The topological polar surface area (TPSA) is 120 Å². The molecule has 1 aliphatic heterocycles. The summed E-state index contributed by atoms with van der Waals surface area (Å²) in [7, 11) is 3.21. The van der Waals surface area contributed by atoms with E-state index in [1.165, 1.54) is 22.9 Å². The van der Waals surface area contributed by atoms with Crippen LogP contribution in [-0.2, 0) is 11.3 Å². The van der Waals surface area contributed by atoms with Crippen LogP contribution >= 0.6 is 0 Å². The second-order valence-corrected chi connectivity index (χ2v) is 7.36. The number of ether oxygens (including phenoxy) is 1. The minimum atomic E-state index is -0.890. The monoisotopic (exact) mass is 425 g/mol. The summed E-state index contributed by atoms with van der Waals surface area (Å²) >= 11 is 0. The van der Waals surface area contributed by atoms with Crippen molar-refractivity contribution in [1.29, 1.82) is 0 Å².